The highest BCUT2D eigenvalue weighted by Gasteiger charge is 2.23. The fraction of sp³-hybridized carbons (Fsp3) is 0.375. The number of piperidine rings is 1. The number of halogens is 1. The molecule has 1 aliphatic rings. The van der Waals surface area contributed by atoms with Gasteiger partial charge in [-0.25, -0.2) is 0 Å². The van der Waals surface area contributed by atoms with E-state index in [1.165, 1.54) is 16.5 Å². The van der Waals surface area contributed by atoms with Crippen LogP contribution < -0.4 is 10.6 Å². The van der Waals surface area contributed by atoms with Crippen LogP contribution in [0.1, 0.15) is 13.3 Å². The maximum absolute atomic E-state index is 6.09. The van der Waals surface area contributed by atoms with Crippen LogP contribution in [0.25, 0.3) is 10.8 Å². The van der Waals surface area contributed by atoms with Crippen molar-refractivity contribution in [3.05, 3.63) is 40.9 Å². The molecule has 1 saturated heterocycles. The van der Waals surface area contributed by atoms with Crippen LogP contribution in [0.5, 0.6) is 0 Å². The highest BCUT2D eigenvalue weighted by atomic mass is 79.9. The van der Waals surface area contributed by atoms with Crippen molar-refractivity contribution in [1.82, 2.24) is 0 Å². The summed E-state index contributed by atoms with van der Waals surface area (Å²) in [4.78, 5) is 2.45. The predicted molar refractivity (Wildman–Crippen MR) is 85.6 cm³/mol. The number of hydrogen-bond donors (Lipinski definition) is 1. The number of nitrogens with zero attached hydrogens (tertiary/aromatic N) is 1. The SMILES string of the molecule is CC1CN(c2ccc3cc(Br)ccc3c2)CCC1N. The van der Waals surface area contributed by atoms with Crippen LogP contribution in [0.3, 0.4) is 0 Å². The van der Waals surface area contributed by atoms with Gasteiger partial charge in [-0.15, -0.1) is 0 Å². The number of hydrogen-bond acceptors (Lipinski definition) is 2. The molecule has 0 amide bonds. The Hall–Kier alpha value is -1.06. The third-order valence-electron chi connectivity index (χ3n) is 4.12. The molecule has 2 aromatic carbocycles. The number of anilines is 1. The zero-order chi connectivity index (χ0) is 13.4. The summed E-state index contributed by atoms with van der Waals surface area (Å²) >= 11 is 3.52. The maximum atomic E-state index is 6.09. The van der Waals surface area contributed by atoms with Crippen molar-refractivity contribution < 1.29 is 0 Å². The monoisotopic (exact) mass is 318 g/mol. The molecule has 0 saturated carbocycles. The Kier molecular flexibility index (Phi) is 3.50. The van der Waals surface area contributed by atoms with E-state index < -0.39 is 0 Å². The van der Waals surface area contributed by atoms with Crippen molar-refractivity contribution in [3.8, 4) is 0 Å². The molecule has 2 aromatic rings. The first-order valence-corrected chi connectivity index (χ1v) is 7.62. The van der Waals surface area contributed by atoms with Gasteiger partial charge >= 0.3 is 0 Å². The zero-order valence-electron chi connectivity index (χ0n) is 11.1. The summed E-state index contributed by atoms with van der Waals surface area (Å²) in [6.45, 7) is 4.37. The minimum atomic E-state index is 0.354. The molecular formula is C16H19BrN2. The van der Waals surface area contributed by atoms with E-state index in [-0.39, 0.29) is 0 Å². The number of nitrogens with two attached hydrogens (primary N) is 1. The quantitative estimate of drug-likeness (QED) is 0.867. The van der Waals surface area contributed by atoms with Gasteiger partial charge in [0.25, 0.3) is 0 Å². The molecule has 100 valence electrons. The molecule has 0 aliphatic carbocycles. The second-order valence-electron chi connectivity index (χ2n) is 5.55. The Morgan fingerprint density at radius 2 is 1.89 bits per heavy atom. The Bertz CT molecular complexity index is 596. The molecule has 0 bridgehead atoms. The summed E-state index contributed by atoms with van der Waals surface area (Å²) in [6, 6.07) is 13.5. The topological polar surface area (TPSA) is 29.3 Å². The van der Waals surface area contributed by atoms with Crippen molar-refractivity contribution in [3.63, 3.8) is 0 Å². The van der Waals surface area contributed by atoms with Crippen molar-refractivity contribution in [2.45, 2.75) is 19.4 Å². The summed E-state index contributed by atoms with van der Waals surface area (Å²) in [7, 11) is 0. The summed E-state index contributed by atoms with van der Waals surface area (Å²) in [6.07, 6.45) is 1.08. The Labute approximate surface area is 122 Å². The lowest BCUT2D eigenvalue weighted by molar-refractivity contribution is 0.383. The maximum Gasteiger partial charge on any atom is 0.0372 e. The molecule has 0 spiro atoms. The van der Waals surface area contributed by atoms with E-state index >= 15 is 0 Å². The van der Waals surface area contributed by atoms with Gasteiger partial charge in [-0.1, -0.05) is 35.0 Å². The molecule has 0 radical (unpaired) electrons. The summed E-state index contributed by atoms with van der Waals surface area (Å²) in [5.74, 6) is 0.564. The van der Waals surface area contributed by atoms with E-state index in [1.807, 2.05) is 0 Å². The lowest BCUT2D eigenvalue weighted by Gasteiger charge is -2.36. The fourth-order valence-corrected chi connectivity index (χ4v) is 3.18. The molecule has 19 heavy (non-hydrogen) atoms. The van der Waals surface area contributed by atoms with E-state index in [0.717, 1.165) is 24.0 Å². The van der Waals surface area contributed by atoms with Gasteiger partial charge in [-0.3, -0.25) is 0 Å². The highest BCUT2D eigenvalue weighted by molar-refractivity contribution is 9.10. The first-order chi connectivity index (χ1) is 9.13. The molecule has 2 nitrogen and oxygen atoms in total. The van der Waals surface area contributed by atoms with E-state index in [0.29, 0.717) is 12.0 Å². The molecule has 3 heteroatoms. The Morgan fingerprint density at radius 3 is 2.68 bits per heavy atom. The van der Waals surface area contributed by atoms with Gasteiger partial charge in [0.15, 0.2) is 0 Å². The zero-order valence-corrected chi connectivity index (χ0v) is 12.7. The van der Waals surface area contributed by atoms with Crippen molar-refractivity contribution >= 4 is 32.4 Å². The smallest absolute Gasteiger partial charge is 0.0372 e. The van der Waals surface area contributed by atoms with Gasteiger partial charge in [0.1, 0.15) is 0 Å². The normalized spacial score (nSPS) is 23.8. The van der Waals surface area contributed by atoms with Crippen LogP contribution in [0.15, 0.2) is 40.9 Å². The van der Waals surface area contributed by atoms with Crippen molar-refractivity contribution in [2.24, 2.45) is 11.7 Å². The summed E-state index contributed by atoms with van der Waals surface area (Å²) < 4.78 is 1.13. The number of benzene rings is 2. The lowest BCUT2D eigenvalue weighted by atomic mass is 9.94. The molecular weight excluding hydrogens is 300 g/mol. The van der Waals surface area contributed by atoms with Crippen molar-refractivity contribution in [2.75, 3.05) is 18.0 Å². The molecule has 0 aromatic heterocycles. The van der Waals surface area contributed by atoms with Gasteiger partial charge < -0.3 is 10.6 Å². The molecule has 1 aliphatic heterocycles. The van der Waals surface area contributed by atoms with E-state index in [9.17, 15) is 0 Å². The van der Waals surface area contributed by atoms with Crippen LogP contribution in [0.2, 0.25) is 0 Å². The number of rotatable bonds is 1. The third-order valence-corrected chi connectivity index (χ3v) is 4.62. The van der Waals surface area contributed by atoms with E-state index in [4.69, 9.17) is 5.73 Å². The van der Waals surface area contributed by atoms with Crippen LogP contribution in [-0.2, 0) is 0 Å². The first-order valence-electron chi connectivity index (χ1n) is 6.83. The first kappa shape index (κ1) is 12.9. The number of fused-ring (bicyclic) bond motifs is 1. The minimum absolute atomic E-state index is 0.354. The second kappa shape index (κ2) is 5.14. The Balaban J connectivity index is 1.91. The van der Waals surface area contributed by atoms with Gasteiger partial charge in [-0.05, 0) is 47.4 Å². The van der Waals surface area contributed by atoms with Gasteiger partial charge in [0.2, 0.25) is 0 Å². The van der Waals surface area contributed by atoms with E-state index in [2.05, 4.69) is 64.2 Å². The van der Waals surface area contributed by atoms with E-state index in [1.54, 1.807) is 0 Å². The largest absolute Gasteiger partial charge is 0.371 e. The summed E-state index contributed by atoms with van der Waals surface area (Å²) in [5, 5.41) is 2.57. The average Bonchev–Trinajstić information content (AvgIpc) is 2.41. The van der Waals surface area contributed by atoms with Crippen LogP contribution in [0, 0.1) is 5.92 Å². The molecule has 1 heterocycles. The molecule has 3 rings (SSSR count). The van der Waals surface area contributed by atoms with Crippen LogP contribution in [0.4, 0.5) is 5.69 Å². The van der Waals surface area contributed by atoms with Crippen LogP contribution >= 0.6 is 15.9 Å². The Morgan fingerprint density at radius 1 is 1.16 bits per heavy atom. The van der Waals surface area contributed by atoms with Gasteiger partial charge in [0.05, 0.1) is 0 Å². The third kappa shape index (κ3) is 2.63. The lowest BCUT2D eigenvalue weighted by Crippen LogP contribution is -2.45. The highest BCUT2D eigenvalue weighted by Crippen LogP contribution is 2.27. The fourth-order valence-electron chi connectivity index (χ4n) is 2.80. The van der Waals surface area contributed by atoms with Gasteiger partial charge in [-0.2, -0.15) is 0 Å². The molecule has 1 fully saturated rings. The van der Waals surface area contributed by atoms with Crippen LogP contribution in [-0.4, -0.2) is 19.1 Å². The summed E-state index contributed by atoms with van der Waals surface area (Å²) in [5.41, 5.74) is 7.41. The minimum Gasteiger partial charge on any atom is -0.371 e. The standard InChI is InChI=1S/C16H19BrN2/c1-11-10-19(7-6-16(11)18)15-5-3-12-8-14(17)4-2-13(12)9-15/h2-5,8-9,11,16H,6-7,10,18H2,1H3. The predicted octanol–water partition coefficient (Wildman–Crippen LogP) is 3.78. The van der Waals surface area contributed by atoms with Crippen molar-refractivity contribution in [1.29, 1.82) is 0 Å². The molecule has 2 unspecified atom stereocenters. The average molecular weight is 319 g/mol. The second-order valence-corrected chi connectivity index (χ2v) is 6.47. The molecule has 2 atom stereocenters. The van der Waals surface area contributed by atoms with Gasteiger partial charge in [0, 0.05) is 29.3 Å². The molecule has 2 N–H and O–H groups in total.